The standard InChI is InChI=1S/C28H35N5O/c1-4-5-6-24-32-25-26(33(24)17-28(2,3)34)22-10-8-19(15-23(22)31-27(25)29)13-18-7-9-20-11-12-30-16-21(20)14-18/h7-10,14-15,30,34H,4-6,11-13,16-17H2,1-3H3,(H2,29,31). The molecule has 0 aliphatic carbocycles. The lowest BCUT2D eigenvalue weighted by Crippen LogP contribution is -2.27. The number of rotatable bonds is 7. The molecular formula is C28H35N5O. The minimum atomic E-state index is -0.861. The SMILES string of the molecule is CCCCc1nc2c(N)nc3cc(Cc4ccc5c(c4)CNCC5)ccc3c2n1CC(C)(C)O. The summed E-state index contributed by atoms with van der Waals surface area (Å²) >= 11 is 0. The van der Waals surface area contributed by atoms with Gasteiger partial charge in [-0.25, -0.2) is 9.97 Å². The van der Waals surface area contributed by atoms with Crippen molar-refractivity contribution >= 4 is 27.8 Å². The van der Waals surface area contributed by atoms with E-state index in [-0.39, 0.29) is 0 Å². The maximum atomic E-state index is 10.6. The Morgan fingerprint density at radius 2 is 1.88 bits per heavy atom. The topological polar surface area (TPSA) is 89.0 Å². The lowest BCUT2D eigenvalue weighted by Gasteiger charge is -2.21. The predicted molar refractivity (Wildman–Crippen MR) is 139 cm³/mol. The largest absolute Gasteiger partial charge is 0.389 e. The maximum absolute atomic E-state index is 10.6. The minimum Gasteiger partial charge on any atom is -0.389 e. The molecule has 5 rings (SSSR count). The van der Waals surface area contributed by atoms with E-state index in [1.54, 1.807) is 0 Å². The fourth-order valence-electron chi connectivity index (χ4n) is 5.08. The second-order valence-electron chi connectivity index (χ2n) is 10.3. The number of nitrogen functional groups attached to an aromatic ring is 1. The van der Waals surface area contributed by atoms with Crippen molar-refractivity contribution in [3.05, 3.63) is 64.5 Å². The number of benzene rings is 2. The molecule has 0 unspecified atom stereocenters. The summed E-state index contributed by atoms with van der Waals surface area (Å²) in [4.78, 5) is 9.61. The van der Waals surface area contributed by atoms with Crippen molar-refractivity contribution in [1.29, 1.82) is 0 Å². The van der Waals surface area contributed by atoms with Crippen molar-refractivity contribution < 1.29 is 5.11 Å². The number of hydrogen-bond acceptors (Lipinski definition) is 5. The average Bonchev–Trinajstić information content (AvgIpc) is 3.15. The van der Waals surface area contributed by atoms with Crippen LogP contribution in [0, 0.1) is 0 Å². The van der Waals surface area contributed by atoms with E-state index in [0.717, 1.165) is 73.0 Å². The zero-order valence-electron chi connectivity index (χ0n) is 20.5. The second kappa shape index (κ2) is 9.01. The van der Waals surface area contributed by atoms with Gasteiger partial charge in [0.15, 0.2) is 5.82 Å². The quantitative estimate of drug-likeness (QED) is 0.380. The zero-order chi connectivity index (χ0) is 23.9. The number of aryl methyl sites for hydroxylation is 1. The van der Waals surface area contributed by atoms with Crippen LogP contribution >= 0.6 is 0 Å². The molecular weight excluding hydrogens is 422 g/mol. The molecule has 0 atom stereocenters. The molecule has 6 nitrogen and oxygen atoms in total. The minimum absolute atomic E-state index is 0.451. The molecule has 6 heteroatoms. The van der Waals surface area contributed by atoms with Crippen molar-refractivity contribution in [2.24, 2.45) is 0 Å². The van der Waals surface area contributed by atoms with Crippen molar-refractivity contribution in [3.63, 3.8) is 0 Å². The highest BCUT2D eigenvalue weighted by atomic mass is 16.3. The summed E-state index contributed by atoms with van der Waals surface area (Å²) in [5.41, 5.74) is 13.5. The van der Waals surface area contributed by atoms with Gasteiger partial charge in [0, 0.05) is 18.4 Å². The fraction of sp³-hybridized carbons (Fsp3) is 0.429. The molecule has 0 bridgehead atoms. The number of fused-ring (bicyclic) bond motifs is 4. The summed E-state index contributed by atoms with van der Waals surface area (Å²) in [5.74, 6) is 1.42. The van der Waals surface area contributed by atoms with Crippen LogP contribution in [0.5, 0.6) is 0 Å². The summed E-state index contributed by atoms with van der Waals surface area (Å²) < 4.78 is 2.15. The van der Waals surface area contributed by atoms with Crippen molar-refractivity contribution in [2.75, 3.05) is 12.3 Å². The first-order valence-corrected chi connectivity index (χ1v) is 12.4. The third-order valence-corrected chi connectivity index (χ3v) is 6.71. The molecule has 2 aromatic carbocycles. The predicted octanol–water partition coefficient (Wildman–Crippen LogP) is 4.52. The van der Waals surface area contributed by atoms with E-state index in [2.05, 4.69) is 53.2 Å². The third kappa shape index (κ3) is 4.52. The number of anilines is 1. The molecule has 1 aliphatic heterocycles. The van der Waals surface area contributed by atoms with Crippen LogP contribution in [0.1, 0.15) is 61.7 Å². The van der Waals surface area contributed by atoms with Crippen LogP contribution in [0.15, 0.2) is 36.4 Å². The maximum Gasteiger partial charge on any atom is 0.152 e. The van der Waals surface area contributed by atoms with E-state index in [9.17, 15) is 5.11 Å². The molecule has 0 radical (unpaired) electrons. The highest BCUT2D eigenvalue weighted by Gasteiger charge is 2.22. The van der Waals surface area contributed by atoms with Crippen LogP contribution in [-0.2, 0) is 32.4 Å². The van der Waals surface area contributed by atoms with Gasteiger partial charge in [-0.1, -0.05) is 43.7 Å². The van der Waals surface area contributed by atoms with Gasteiger partial charge in [-0.3, -0.25) is 0 Å². The van der Waals surface area contributed by atoms with Crippen molar-refractivity contribution in [2.45, 2.75) is 71.6 Å². The summed E-state index contributed by atoms with van der Waals surface area (Å²) in [6, 6.07) is 13.3. The number of hydrogen-bond donors (Lipinski definition) is 3. The Morgan fingerprint density at radius 3 is 2.68 bits per heavy atom. The molecule has 0 saturated carbocycles. The van der Waals surface area contributed by atoms with Crippen LogP contribution in [0.25, 0.3) is 21.9 Å². The van der Waals surface area contributed by atoms with Gasteiger partial charge in [0.2, 0.25) is 0 Å². The third-order valence-electron chi connectivity index (χ3n) is 6.71. The number of nitrogens with zero attached hydrogens (tertiary/aromatic N) is 3. The Bertz CT molecular complexity index is 1350. The lowest BCUT2D eigenvalue weighted by atomic mass is 9.95. The van der Waals surface area contributed by atoms with Gasteiger partial charge in [-0.05, 0) is 68.0 Å². The second-order valence-corrected chi connectivity index (χ2v) is 10.3. The normalized spacial score (nSPS) is 14.1. The molecule has 0 fully saturated rings. The Labute approximate surface area is 201 Å². The summed E-state index contributed by atoms with van der Waals surface area (Å²) in [6.45, 7) is 8.31. The Kier molecular flexibility index (Phi) is 6.04. The first-order chi connectivity index (χ1) is 16.3. The molecule has 0 spiro atoms. The Balaban J connectivity index is 1.57. The highest BCUT2D eigenvalue weighted by molar-refractivity contribution is 6.06. The van der Waals surface area contributed by atoms with Gasteiger partial charge < -0.3 is 20.7 Å². The number of aliphatic hydroxyl groups is 1. The summed E-state index contributed by atoms with van der Waals surface area (Å²) in [5, 5.41) is 15.1. The van der Waals surface area contributed by atoms with Gasteiger partial charge in [-0.15, -0.1) is 0 Å². The van der Waals surface area contributed by atoms with Gasteiger partial charge in [-0.2, -0.15) is 0 Å². The molecule has 4 aromatic rings. The van der Waals surface area contributed by atoms with E-state index in [1.807, 2.05) is 13.8 Å². The van der Waals surface area contributed by atoms with Crippen LogP contribution in [0.3, 0.4) is 0 Å². The van der Waals surface area contributed by atoms with Crippen LogP contribution in [0.2, 0.25) is 0 Å². The average molecular weight is 458 g/mol. The molecule has 2 aromatic heterocycles. The van der Waals surface area contributed by atoms with Crippen molar-refractivity contribution in [3.8, 4) is 0 Å². The molecule has 4 N–H and O–H groups in total. The number of aromatic nitrogens is 3. The van der Waals surface area contributed by atoms with Crippen LogP contribution in [0.4, 0.5) is 5.82 Å². The van der Waals surface area contributed by atoms with Crippen molar-refractivity contribution in [1.82, 2.24) is 19.9 Å². The summed E-state index contributed by atoms with van der Waals surface area (Å²) in [6.07, 6.45) is 4.94. The van der Waals surface area contributed by atoms with E-state index in [1.165, 1.54) is 22.3 Å². The summed E-state index contributed by atoms with van der Waals surface area (Å²) in [7, 11) is 0. The monoisotopic (exact) mass is 457 g/mol. The van der Waals surface area contributed by atoms with Gasteiger partial charge in [0.05, 0.1) is 23.2 Å². The number of unbranched alkanes of at least 4 members (excludes halogenated alkanes) is 1. The van der Waals surface area contributed by atoms with E-state index < -0.39 is 5.60 Å². The highest BCUT2D eigenvalue weighted by Crippen LogP contribution is 2.31. The van der Waals surface area contributed by atoms with Gasteiger partial charge >= 0.3 is 0 Å². The van der Waals surface area contributed by atoms with Crippen LogP contribution in [-0.4, -0.2) is 31.8 Å². The fourth-order valence-corrected chi connectivity index (χ4v) is 5.08. The first kappa shape index (κ1) is 22.8. The molecule has 3 heterocycles. The van der Waals surface area contributed by atoms with Crippen LogP contribution < -0.4 is 11.1 Å². The van der Waals surface area contributed by atoms with Gasteiger partial charge in [0.25, 0.3) is 0 Å². The molecule has 178 valence electrons. The number of imidazole rings is 1. The number of nitrogens with one attached hydrogen (secondary N) is 1. The lowest BCUT2D eigenvalue weighted by molar-refractivity contribution is 0.0618. The molecule has 0 amide bonds. The zero-order valence-corrected chi connectivity index (χ0v) is 20.5. The number of nitrogens with two attached hydrogens (primary N) is 1. The van der Waals surface area contributed by atoms with Gasteiger partial charge in [0.1, 0.15) is 11.3 Å². The van der Waals surface area contributed by atoms with E-state index in [4.69, 9.17) is 15.7 Å². The Hall–Kier alpha value is -2.96. The van der Waals surface area contributed by atoms with E-state index in [0.29, 0.717) is 12.4 Å². The number of pyridine rings is 1. The molecule has 34 heavy (non-hydrogen) atoms. The molecule has 1 aliphatic rings. The molecule has 0 saturated heterocycles. The smallest absolute Gasteiger partial charge is 0.152 e. The van der Waals surface area contributed by atoms with E-state index >= 15 is 0 Å². The first-order valence-electron chi connectivity index (χ1n) is 12.4. The Morgan fingerprint density at radius 1 is 1.09 bits per heavy atom.